The highest BCUT2D eigenvalue weighted by atomic mass is 19.2. The van der Waals surface area contributed by atoms with Crippen LogP contribution in [0.25, 0.3) is 22.3 Å². The lowest BCUT2D eigenvalue weighted by Crippen LogP contribution is -2.41. The maximum Gasteiger partial charge on any atom is 0.264 e. The number of carbonyl (C=O) groups excluding carboxylic acids is 1. The summed E-state index contributed by atoms with van der Waals surface area (Å²) in [6, 6.07) is 8.99. The second-order valence-corrected chi connectivity index (χ2v) is 11.1. The van der Waals surface area contributed by atoms with Crippen LogP contribution < -0.4 is 10.5 Å². The predicted molar refractivity (Wildman–Crippen MR) is 150 cm³/mol. The van der Waals surface area contributed by atoms with E-state index in [2.05, 4.69) is 15.1 Å². The van der Waals surface area contributed by atoms with Gasteiger partial charge in [0.15, 0.2) is 17.2 Å². The Labute approximate surface area is 240 Å². The topological polar surface area (TPSA) is 123 Å². The summed E-state index contributed by atoms with van der Waals surface area (Å²) in [4.78, 5) is 23.3. The van der Waals surface area contributed by atoms with Crippen LogP contribution in [0, 0.1) is 34.2 Å². The molecule has 3 heterocycles. The van der Waals surface area contributed by atoms with Crippen molar-refractivity contribution in [3.8, 4) is 28.8 Å². The number of ether oxygens (including phenoxy) is 1. The highest BCUT2D eigenvalue weighted by Crippen LogP contribution is 2.37. The molecule has 2 aromatic carbocycles. The molecule has 1 amide bonds. The van der Waals surface area contributed by atoms with Gasteiger partial charge in [0.1, 0.15) is 41.0 Å². The molecule has 216 valence electrons. The van der Waals surface area contributed by atoms with E-state index in [9.17, 15) is 18.8 Å². The maximum atomic E-state index is 15.5. The standard InChI is InChI=1S/C30H28F3N7O2/c1-30(2,3)13-17(14-34)29(41)39-11-5-6-18(15-39)40-28-24(27(35)36-16-37-28)26(38-40)20-10-9-19(12-22(20)32)42-23-8-4-7-21(31)25(23)33/h4,7-10,12-13,16,18H,5-6,11,15H2,1-3H3,(H2,35,36,37)/t18-/m1/s1. The van der Waals surface area contributed by atoms with Crippen molar-refractivity contribution in [2.75, 3.05) is 18.8 Å². The number of hydrogen-bond acceptors (Lipinski definition) is 7. The Hall–Kier alpha value is -4.92. The third-order valence-electron chi connectivity index (χ3n) is 6.82. The van der Waals surface area contributed by atoms with Gasteiger partial charge in [-0.1, -0.05) is 32.9 Å². The fourth-order valence-corrected chi connectivity index (χ4v) is 4.96. The molecule has 0 bridgehead atoms. The van der Waals surface area contributed by atoms with E-state index < -0.39 is 17.5 Å². The molecule has 12 heteroatoms. The van der Waals surface area contributed by atoms with Crippen molar-refractivity contribution in [3.05, 3.63) is 71.8 Å². The molecule has 5 rings (SSSR count). The molecule has 4 aromatic rings. The monoisotopic (exact) mass is 575 g/mol. The molecule has 2 N–H and O–H groups in total. The smallest absolute Gasteiger partial charge is 0.264 e. The Kier molecular flexibility index (Phi) is 7.60. The minimum absolute atomic E-state index is 0.0493. The number of allylic oxidation sites excluding steroid dienone is 1. The first-order valence-corrected chi connectivity index (χ1v) is 13.3. The summed E-state index contributed by atoms with van der Waals surface area (Å²) in [6.07, 6.45) is 4.25. The number of aromatic nitrogens is 4. The number of nitrogens with two attached hydrogens (primary N) is 1. The molecule has 0 saturated carbocycles. The van der Waals surface area contributed by atoms with Gasteiger partial charge in [0.25, 0.3) is 5.91 Å². The van der Waals surface area contributed by atoms with Crippen molar-refractivity contribution in [2.45, 2.75) is 39.7 Å². The number of halogens is 3. The number of amides is 1. The van der Waals surface area contributed by atoms with E-state index in [0.717, 1.165) is 12.1 Å². The first kappa shape index (κ1) is 28.6. The molecule has 0 spiro atoms. The third-order valence-corrected chi connectivity index (χ3v) is 6.82. The molecule has 1 aliphatic heterocycles. The number of hydrogen-bond donors (Lipinski definition) is 1. The average Bonchev–Trinajstić information content (AvgIpc) is 3.34. The minimum atomic E-state index is -1.19. The van der Waals surface area contributed by atoms with E-state index in [1.807, 2.05) is 26.8 Å². The number of carbonyl (C=O) groups is 1. The van der Waals surface area contributed by atoms with Gasteiger partial charge in [0, 0.05) is 24.7 Å². The number of rotatable bonds is 5. The van der Waals surface area contributed by atoms with Crippen molar-refractivity contribution in [1.82, 2.24) is 24.6 Å². The molecule has 0 aliphatic carbocycles. The van der Waals surface area contributed by atoms with Gasteiger partial charge < -0.3 is 15.4 Å². The fraction of sp³-hybridized carbons (Fsp3) is 0.300. The number of nitrogen functional groups attached to an aromatic ring is 1. The molecule has 42 heavy (non-hydrogen) atoms. The number of nitriles is 1. The second kappa shape index (κ2) is 11.2. The maximum absolute atomic E-state index is 15.5. The first-order valence-electron chi connectivity index (χ1n) is 13.3. The highest BCUT2D eigenvalue weighted by Gasteiger charge is 2.31. The second-order valence-electron chi connectivity index (χ2n) is 11.1. The van der Waals surface area contributed by atoms with E-state index in [0.29, 0.717) is 30.4 Å². The first-order chi connectivity index (χ1) is 20.0. The fourth-order valence-electron chi connectivity index (χ4n) is 4.96. The van der Waals surface area contributed by atoms with E-state index in [-0.39, 0.29) is 58.1 Å². The Balaban J connectivity index is 1.49. The van der Waals surface area contributed by atoms with E-state index in [1.54, 1.807) is 15.7 Å². The third kappa shape index (κ3) is 5.63. The number of benzene rings is 2. The van der Waals surface area contributed by atoms with Crippen LogP contribution in [-0.4, -0.2) is 43.6 Å². The number of anilines is 1. The van der Waals surface area contributed by atoms with Crippen molar-refractivity contribution < 1.29 is 22.7 Å². The molecule has 0 radical (unpaired) electrons. The molecule has 2 aromatic heterocycles. The van der Waals surface area contributed by atoms with Gasteiger partial charge in [-0.05, 0) is 42.5 Å². The van der Waals surface area contributed by atoms with Crippen LogP contribution in [0.1, 0.15) is 39.7 Å². The molecule has 1 saturated heterocycles. The summed E-state index contributed by atoms with van der Waals surface area (Å²) in [5.41, 5.74) is 6.53. The van der Waals surface area contributed by atoms with E-state index in [4.69, 9.17) is 10.5 Å². The normalized spacial score (nSPS) is 16.0. The van der Waals surface area contributed by atoms with Crippen LogP contribution in [0.5, 0.6) is 11.5 Å². The summed E-state index contributed by atoms with van der Waals surface area (Å²) in [5.74, 6) is -3.73. The summed E-state index contributed by atoms with van der Waals surface area (Å²) >= 11 is 0. The lowest BCUT2D eigenvalue weighted by molar-refractivity contribution is -0.128. The minimum Gasteiger partial charge on any atom is -0.454 e. The van der Waals surface area contributed by atoms with Crippen LogP contribution in [-0.2, 0) is 4.79 Å². The molecular weight excluding hydrogens is 547 g/mol. The number of piperidine rings is 1. The Morgan fingerprint density at radius 3 is 2.67 bits per heavy atom. The highest BCUT2D eigenvalue weighted by molar-refractivity contribution is 5.99. The van der Waals surface area contributed by atoms with Gasteiger partial charge in [0.05, 0.1) is 11.4 Å². The Morgan fingerprint density at radius 1 is 1.17 bits per heavy atom. The zero-order valence-electron chi connectivity index (χ0n) is 23.2. The van der Waals surface area contributed by atoms with Crippen molar-refractivity contribution >= 4 is 22.8 Å². The van der Waals surface area contributed by atoms with Crippen LogP contribution >= 0.6 is 0 Å². The molecule has 9 nitrogen and oxygen atoms in total. The van der Waals surface area contributed by atoms with Crippen molar-refractivity contribution in [1.29, 1.82) is 5.26 Å². The average molecular weight is 576 g/mol. The van der Waals surface area contributed by atoms with Gasteiger partial charge >= 0.3 is 0 Å². The zero-order valence-corrected chi connectivity index (χ0v) is 23.2. The quantitative estimate of drug-likeness (QED) is 0.231. The van der Waals surface area contributed by atoms with Crippen LogP contribution in [0.15, 0.2) is 54.4 Å². The lowest BCUT2D eigenvalue weighted by atomic mass is 9.93. The van der Waals surface area contributed by atoms with Crippen LogP contribution in [0.4, 0.5) is 19.0 Å². The summed E-state index contributed by atoms with van der Waals surface area (Å²) in [5, 5.41) is 14.7. The summed E-state index contributed by atoms with van der Waals surface area (Å²) < 4.78 is 50.1. The van der Waals surface area contributed by atoms with Crippen molar-refractivity contribution in [2.24, 2.45) is 5.41 Å². The van der Waals surface area contributed by atoms with Gasteiger partial charge in [0.2, 0.25) is 5.82 Å². The molecule has 1 atom stereocenters. The lowest BCUT2D eigenvalue weighted by Gasteiger charge is -2.33. The Bertz CT molecular complexity index is 1750. The van der Waals surface area contributed by atoms with Gasteiger partial charge in [-0.2, -0.15) is 14.8 Å². The molecule has 1 fully saturated rings. The molecule has 1 aliphatic rings. The number of nitrogens with zero attached hydrogens (tertiary/aromatic N) is 6. The zero-order chi connectivity index (χ0) is 30.2. The summed E-state index contributed by atoms with van der Waals surface area (Å²) in [6.45, 7) is 6.47. The number of fused-ring (bicyclic) bond motifs is 1. The van der Waals surface area contributed by atoms with Gasteiger partial charge in [-0.3, -0.25) is 4.79 Å². The van der Waals surface area contributed by atoms with Crippen molar-refractivity contribution in [3.63, 3.8) is 0 Å². The van der Waals surface area contributed by atoms with Crippen LogP contribution in [0.2, 0.25) is 0 Å². The van der Waals surface area contributed by atoms with E-state index >= 15 is 4.39 Å². The molecule has 0 unspecified atom stereocenters. The van der Waals surface area contributed by atoms with Gasteiger partial charge in [-0.15, -0.1) is 0 Å². The molecular formula is C30H28F3N7O2. The van der Waals surface area contributed by atoms with E-state index in [1.165, 1.54) is 30.6 Å². The summed E-state index contributed by atoms with van der Waals surface area (Å²) in [7, 11) is 0. The van der Waals surface area contributed by atoms with Gasteiger partial charge in [-0.25, -0.2) is 23.4 Å². The Morgan fingerprint density at radius 2 is 1.95 bits per heavy atom. The largest absolute Gasteiger partial charge is 0.454 e. The number of likely N-dealkylation sites (tertiary alicyclic amines) is 1. The predicted octanol–water partition coefficient (Wildman–Crippen LogP) is 5.94. The SMILES string of the molecule is CC(C)(C)C=C(C#N)C(=O)N1CCC[C@@H](n2nc(-c3ccc(Oc4cccc(F)c4F)cc3F)c3c(N)ncnc32)C1. The van der Waals surface area contributed by atoms with Crippen LogP contribution in [0.3, 0.4) is 0 Å².